The number of rotatable bonds is 15. The molecule has 0 aliphatic rings. The van der Waals surface area contributed by atoms with Crippen LogP contribution in [0.5, 0.6) is 0 Å². The highest BCUT2D eigenvalue weighted by Crippen LogP contribution is 2.08. The van der Waals surface area contributed by atoms with Crippen LogP contribution in [0.15, 0.2) is 30.3 Å². The summed E-state index contributed by atoms with van der Waals surface area (Å²) >= 11 is 5.67. The number of amides is 2. The first-order valence-corrected chi connectivity index (χ1v) is 12.7. The Labute approximate surface area is 200 Å². The van der Waals surface area contributed by atoms with Gasteiger partial charge in [-0.3, -0.25) is 9.59 Å². The van der Waals surface area contributed by atoms with Crippen LogP contribution in [0.4, 0.5) is 0 Å². The van der Waals surface area contributed by atoms with Gasteiger partial charge in [-0.25, -0.2) is 4.79 Å². The van der Waals surface area contributed by atoms with Crippen LogP contribution < -0.4 is 21.7 Å². The van der Waals surface area contributed by atoms with Crippen molar-refractivity contribution >= 4 is 42.2 Å². The Balaban J connectivity index is 2.99. The molecule has 1 aromatic rings. The molecule has 1 rings (SSSR count). The fraction of sp³-hybridized carbons (Fsp3) is 0.591. The molecule has 10 heteroatoms. The maximum absolute atomic E-state index is 13.0. The molecule has 0 heterocycles. The van der Waals surface area contributed by atoms with E-state index in [1.165, 1.54) is 11.8 Å². The molecule has 0 aliphatic heterocycles. The fourth-order valence-electron chi connectivity index (χ4n) is 3.06. The van der Waals surface area contributed by atoms with Crippen molar-refractivity contribution in [1.29, 1.82) is 0 Å². The van der Waals surface area contributed by atoms with Gasteiger partial charge in [0.15, 0.2) is 0 Å². The number of nitrogens with two attached hydrogens (primary N) is 1. The van der Waals surface area contributed by atoms with E-state index >= 15 is 0 Å². The molecule has 8 nitrogen and oxygen atoms in total. The predicted molar refractivity (Wildman–Crippen MR) is 133 cm³/mol. The van der Waals surface area contributed by atoms with Crippen molar-refractivity contribution in [1.82, 2.24) is 16.0 Å². The zero-order valence-electron chi connectivity index (χ0n) is 18.9. The zero-order chi connectivity index (χ0) is 24.1. The van der Waals surface area contributed by atoms with Crippen molar-refractivity contribution in [3.05, 3.63) is 35.9 Å². The first-order chi connectivity index (χ1) is 15.2. The molecule has 0 aromatic heterocycles. The van der Waals surface area contributed by atoms with Gasteiger partial charge in [-0.1, -0.05) is 44.2 Å². The summed E-state index contributed by atoms with van der Waals surface area (Å²) < 4.78 is 0. The Bertz CT molecular complexity index is 721. The molecule has 0 aliphatic carbocycles. The van der Waals surface area contributed by atoms with E-state index in [9.17, 15) is 19.5 Å². The number of carboxylic acid groups (broad SMARTS) is 1. The molecule has 4 atom stereocenters. The highest BCUT2D eigenvalue weighted by Gasteiger charge is 2.30. The number of thiol groups is 1. The van der Waals surface area contributed by atoms with Crippen LogP contribution in [0.1, 0.15) is 25.8 Å². The number of benzene rings is 1. The maximum atomic E-state index is 13.0. The second kappa shape index (κ2) is 15.2. The summed E-state index contributed by atoms with van der Waals surface area (Å²) in [7, 11) is 0. The zero-order valence-corrected chi connectivity index (χ0v) is 20.6. The first-order valence-electron chi connectivity index (χ1n) is 10.7. The molecule has 6 N–H and O–H groups in total. The minimum Gasteiger partial charge on any atom is -0.480 e. The van der Waals surface area contributed by atoms with E-state index in [0.717, 1.165) is 5.56 Å². The Kier molecular flexibility index (Phi) is 13.4. The summed E-state index contributed by atoms with van der Waals surface area (Å²) in [4.78, 5) is 37.6. The highest BCUT2D eigenvalue weighted by atomic mass is 32.2. The second-order valence-corrected chi connectivity index (χ2v) is 9.36. The number of nitrogens with one attached hydrogen (secondary N) is 3. The van der Waals surface area contributed by atoms with E-state index in [1.807, 2.05) is 50.4 Å². The lowest BCUT2D eigenvalue weighted by Crippen LogP contribution is -2.57. The number of aliphatic carboxylic acids is 1. The van der Waals surface area contributed by atoms with Gasteiger partial charge in [0.2, 0.25) is 11.8 Å². The molecule has 180 valence electrons. The van der Waals surface area contributed by atoms with E-state index in [4.69, 9.17) is 5.73 Å². The number of thioether (sulfide) groups is 1. The lowest BCUT2D eigenvalue weighted by atomic mass is 10.0. The largest absolute Gasteiger partial charge is 0.480 e. The molecule has 0 saturated heterocycles. The third-order valence-electron chi connectivity index (χ3n) is 4.92. The van der Waals surface area contributed by atoms with Crippen molar-refractivity contribution in [2.24, 2.45) is 11.7 Å². The summed E-state index contributed by atoms with van der Waals surface area (Å²) in [6, 6.07) is 6.59. The molecule has 0 saturated carbocycles. The fourth-order valence-corrected chi connectivity index (χ4v) is 3.66. The van der Waals surface area contributed by atoms with Crippen LogP contribution in [0.25, 0.3) is 0 Å². The summed E-state index contributed by atoms with van der Waals surface area (Å²) in [6.07, 6.45) is 2.41. The SMILES string of the molecule is CSCCC(NC(=O)C(Cc1ccccc1)NC(=O)C(NCC(N)CS)C(C)C)C(=O)O. The molecular formula is C22H36N4O4S2. The van der Waals surface area contributed by atoms with Gasteiger partial charge >= 0.3 is 5.97 Å². The van der Waals surface area contributed by atoms with Gasteiger partial charge in [0.05, 0.1) is 6.04 Å². The molecule has 1 aromatic carbocycles. The average Bonchev–Trinajstić information content (AvgIpc) is 2.76. The van der Waals surface area contributed by atoms with E-state index in [1.54, 1.807) is 0 Å². The van der Waals surface area contributed by atoms with Crippen LogP contribution in [0, 0.1) is 5.92 Å². The highest BCUT2D eigenvalue weighted by molar-refractivity contribution is 7.98. The minimum absolute atomic E-state index is 0.0455. The summed E-state index contributed by atoms with van der Waals surface area (Å²) in [5.41, 5.74) is 6.76. The Morgan fingerprint density at radius 2 is 1.72 bits per heavy atom. The summed E-state index contributed by atoms with van der Waals surface area (Å²) in [5, 5.41) is 18.0. The number of carbonyl (C=O) groups excluding carboxylic acids is 2. The van der Waals surface area contributed by atoms with E-state index < -0.39 is 30.0 Å². The monoisotopic (exact) mass is 484 g/mol. The van der Waals surface area contributed by atoms with Gasteiger partial charge in [0.25, 0.3) is 0 Å². The van der Waals surface area contributed by atoms with E-state index in [-0.39, 0.29) is 24.3 Å². The van der Waals surface area contributed by atoms with Gasteiger partial charge < -0.3 is 26.8 Å². The van der Waals surface area contributed by atoms with Crippen LogP contribution in [-0.2, 0) is 20.8 Å². The quantitative estimate of drug-likeness (QED) is 0.204. The first kappa shape index (κ1) is 28.3. The van der Waals surface area contributed by atoms with Gasteiger partial charge in [-0.15, -0.1) is 0 Å². The van der Waals surface area contributed by atoms with E-state index in [0.29, 0.717) is 24.5 Å². The average molecular weight is 485 g/mol. The Morgan fingerprint density at radius 1 is 1.09 bits per heavy atom. The number of carboxylic acids is 1. The number of hydrogen-bond acceptors (Lipinski definition) is 7. The van der Waals surface area contributed by atoms with Crippen molar-refractivity contribution in [2.45, 2.75) is 50.9 Å². The van der Waals surface area contributed by atoms with Gasteiger partial charge in [-0.2, -0.15) is 24.4 Å². The Hall–Kier alpha value is -1.75. The van der Waals surface area contributed by atoms with Crippen molar-refractivity contribution in [2.75, 3.05) is 24.3 Å². The summed E-state index contributed by atoms with van der Waals surface area (Å²) in [5.74, 6) is -0.928. The molecule has 2 amide bonds. The van der Waals surface area contributed by atoms with E-state index in [2.05, 4.69) is 28.6 Å². The predicted octanol–water partition coefficient (Wildman–Crippen LogP) is 0.908. The van der Waals surface area contributed by atoms with Crippen molar-refractivity contribution in [3.8, 4) is 0 Å². The summed E-state index contributed by atoms with van der Waals surface area (Å²) in [6.45, 7) is 4.21. The van der Waals surface area contributed by atoms with Crippen LogP contribution in [0.3, 0.4) is 0 Å². The number of carbonyl (C=O) groups is 3. The lowest BCUT2D eigenvalue weighted by Gasteiger charge is -2.27. The van der Waals surface area contributed by atoms with Crippen LogP contribution in [0.2, 0.25) is 0 Å². The smallest absolute Gasteiger partial charge is 0.326 e. The third kappa shape index (κ3) is 10.2. The molecule has 0 fully saturated rings. The van der Waals surface area contributed by atoms with Crippen LogP contribution >= 0.6 is 24.4 Å². The van der Waals surface area contributed by atoms with Gasteiger partial charge in [0, 0.05) is 24.8 Å². The molecule has 32 heavy (non-hydrogen) atoms. The normalized spacial score (nSPS) is 14.9. The molecule has 0 bridgehead atoms. The van der Waals surface area contributed by atoms with Gasteiger partial charge in [-0.05, 0) is 29.9 Å². The third-order valence-corrected chi connectivity index (χ3v) is 6.04. The standard InChI is InChI=1S/C22H36N4O4S2/c1-14(2)19(24-12-16(23)13-31)21(28)26-18(11-15-7-5-4-6-8-15)20(27)25-17(22(29)30)9-10-32-3/h4-8,14,16-19,24,31H,9-13,23H2,1-3H3,(H,25,27)(H,26,28)(H,29,30). The molecule has 0 radical (unpaired) electrons. The molecule has 0 spiro atoms. The topological polar surface area (TPSA) is 134 Å². The van der Waals surface area contributed by atoms with Crippen LogP contribution in [-0.4, -0.2) is 71.4 Å². The number of hydrogen-bond donors (Lipinski definition) is 6. The second-order valence-electron chi connectivity index (χ2n) is 8.00. The lowest BCUT2D eigenvalue weighted by molar-refractivity contribution is -0.142. The van der Waals surface area contributed by atoms with Crippen molar-refractivity contribution in [3.63, 3.8) is 0 Å². The molecular weight excluding hydrogens is 448 g/mol. The van der Waals surface area contributed by atoms with Crippen molar-refractivity contribution < 1.29 is 19.5 Å². The Morgan fingerprint density at radius 3 is 2.25 bits per heavy atom. The molecule has 4 unspecified atom stereocenters. The minimum atomic E-state index is -1.10. The maximum Gasteiger partial charge on any atom is 0.326 e. The van der Waals surface area contributed by atoms with Gasteiger partial charge in [0.1, 0.15) is 12.1 Å².